The molecule has 0 saturated heterocycles. The van der Waals surface area contributed by atoms with Crippen LogP contribution < -0.4 is 0 Å². The second kappa shape index (κ2) is 6.81. The van der Waals surface area contributed by atoms with Gasteiger partial charge in [-0.15, -0.1) is 6.58 Å². The highest BCUT2D eigenvalue weighted by Gasteiger charge is 1.94. The highest BCUT2D eigenvalue weighted by molar-refractivity contribution is 4.74. The Morgan fingerprint density at radius 1 is 1.50 bits per heavy atom. The Labute approximate surface area is 64.1 Å². The molecule has 0 aromatic carbocycles. The smallest absolute Gasteiger partial charge is 0.0471 e. The van der Waals surface area contributed by atoms with Crippen LogP contribution in [0.4, 0.5) is 0 Å². The average molecular weight is 141 g/mol. The van der Waals surface area contributed by atoms with Crippen LogP contribution in [0.5, 0.6) is 0 Å². The summed E-state index contributed by atoms with van der Waals surface area (Å²) in [6.07, 6.45) is 3.89. The molecule has 0 rings (SSSR count). The lowest BCUT2D eigenvalue weighted by Gasteiger charge is -2.04. The highest BCUT2D eigenvalue weighted by atomic mass is 16.5. The van der Waals surface area contributed by atoms with E-state index >= 15 is 0 Å². The molecule has 0 aliphatic heterocycles. The third-order valence-electron chi connectivity index (χ3n) is 1.41. The van der Waals surface area contributed by atoms with Gasteiger partial charge in [-0.2, -0.15) is 0 Å². The first kappa shape index (κ1) is 9.70. The van der Waals surface area contributed by atoms with Gasteiger partial charge in [0.25, 0.3) is 0 Å². The molecule has 10 heavy (non-hydrogen) atoms. The molecule has 0 aromatic heterocycles. The van der Waals surface area contributed by atoms with Crippen molar-refractivity contribution in [3.05, 3.63) is 19.6 Å². The SMILES string of the molecule is [CH2]CCOCCC(C)C=C. The summed E-state index contributed by atoms with van der Waals surface area (Å²) in [5.74, 6) is 0.574. The molecular weight excluding hydrogens is 124 g/mol. The summed E-state index contributed by atoms with van der Waals surface area (Å²) < 4.78 is 5.24. The van der Waals surface area contributed by atoms with E-state index < -0.39 is 0 Å². The summed E-state index contributed by atoms with van der Waals surface area (Å²) in [6, 6.07) is 0. The van der Waals surface area contributed by atoms with Crippen molar-refractivity contribution in [2.24, 2.45) is 5.92 Å². The van der Waals surface area contributed by atoms with Crippen LogP contribution in [0.15, 0.2) is 12.7 Å². The van der Waals surface area contributed by atoms with Crippen molar-refractivity contribution in [3.63, 3.8) is 0 Å². The topological polar surface area (TPSA) is 9.23 Å². The minimum Gasteiger partial charge on any atom is -0.381 e. The third-order valence-corrected chi connectivity index (χ3v) is 1.41. The minimum atomic E-state index is 0.574. The van der Waals surface area contributed by atoms with E-state index in [2.05, 4.69) is 20.4 Å². The van der Waals surface area contributed by atoms with Crippen LogP contribution in [0, 0.1) is 12.8 Å². The second-order valence-electron chi connectivity index (χ2n) is 2.47. The zero-order valence-electron chi connectivity index (χ0n) is 6.81. The maximum absolute atomic E-state index is 5.24. The van der Waals surface area contributed by atoms with Gasteiger partial charge in [-0.05, 0) is 18.8 Å². The van der Waals surface area contributed by atoms with E-state index in [4.69, 9.17) is 4.74 Å². The Hall–Kier alpha value is -0.300. The van der Waals surface area contributed by atoms with E-state index in [1.54, 1.807) is 0 Å². The van der Waals surface area contributed by atoms with Gasteiger partial charge in [-0.3, -0.25) is 0 Å². The van der Waals surface area contributed by atoms with Crippen molar-refractivity contribution in [3.8, 4) is 0 Å². The number of hydrogen-bond acceptors (Lipinski definition) is 1. The summed E-state index contributed by atoms with van der Waals surface area (Å²) in [7, 11) is 0. The number of allylic oxidation sites excluding steroid dienone is 1. The molecule has 0 aliphatic carbocycles. The standard InChI is InChI=1S/C9H17O/c1-4-7-10-8-6-9(3)5-2/h5,9H,1-2,4,6-8H2,3H3. The Morgan fingerprint density at radius 3 is 2.70 bits per heavy atom. The summed E-state index contributed by atoms with van der Waals surface area (Å²) >= 11 is 0. The number of rotatable bonds is 6. The summed E-state index contributed by atoms with van der Waals surface area (Å²) in [5.41, 5.74) is 0. The van der Waals surface area contributed by atoms with E-state index in [-0.39, 0.29) is 0 Å². The predicted molar refractivity (Wildman–Crippen MR) is 44.8 cm³/mol. The fraction of sp³-hybridized carbons (Fsp3) is 0.667. The largest absolute Gasteiger partial charge is 0.381 e. The van der Waals surface area contributed by atoms with Crippen LogP contribution in [0.2, 0.25) is 0 Å². The van der Waals surface area contributed by atoms with Crippen molar-refractivity contribution in [1.29, 1.82) is 0 Å². The molecule has 1 unspecified atom stereocenters. The lowest BCUT2D eigenvalue weighted by molar-refractivity contribution is 0.130. The van der Waals surface area contributed by atoms with Gasteiger partial charge in [0.2, 0.25) is 0 Å². The second-order valence-corrected chi connectivity index (χ2v) is 2.47. The Morgan fingerprint density at radius 2 is 2.20 bits per heavy atom. The molecule has 59 valence electrons. The van der Waals surface area contributed by atoms with Gasteiger partial charge >= 0.3 is 0 Å². The van der Waals surface area contributed by atoms with Crippen molar-refractivity contribution in [2.75, 3.05) is 13.2 Å². The van der Waals surface area contributed by atoms with Gasteiger partial charge in [0.1, 0.15) is 0 Å². The summed E-state index contributed by atoms with van der Waals surface area (Å²) in [4.78, 5) is 0. The molecule has 1 heteroatoms. The van der Waals surface area contributed by atoms with Crippen molar-refractivity contribution in [2.45, 2.75) is 19.8 Å². The maximum atomic E-state index is 5.24. The molecule has 0 amide bonds. The fourth-order valence-corrected chi connectivity index (χ4v) is 0.591. The van der Waals surface area contributed by atoms with E-state index in [0.29, 0.717) is 5.92 Å². The quantitative estimate of drug-likeness (QED) is 0.408. The summed E-state index contributed by atoms with van der Waals surface area (Å²) in [6.45, 7) is 11.1. The van der Waals surface area contributed by atoms with Crippen molar-refractivity contribution >= 4 is 0 Å². The molecule has 0 heterocycles. The first-order valence-corrected chi connectivity index (χ1v) is 3.80. The van der Waals surface area contributed by atoms with E-state index in [9.17, 15) is 0 Å². The third kappa shape index (κ3) is 5.83. The molecular formula is C9H17O. The molecule has 0 spiro atoms. The zero-order chi connectivity index (χ0) is 7.82. The molecule has 0 N–H and O–H groups in total. The van der Waals surface area contributed by atoms with Gasteiger partial charge in [0, 0.05) is 13.2 Å². The van der Waals surface area contributed by atoms with Crippen LogP contribution in [0.3, 0.4) is 0 Å². The zero-order valence-corrected chi connectivity index (χ0v) is 6.81. The fourth-order valence-electron chi connectivity index (χ4n) is 0.591. The van der Waals surface area contributed by atoms with E-state index in [0.717, 1.165) is 26.1 Å². The Bertz CT molecular complexity index is 78.8. The van der Waals surface area contributed by atoms with Crippen molar-refractivity contribution < 1.29 is 4.74 Å². The van der Waals surface area contributed by atoms with Crippen molar-refractivity contribution in [1.82, 2.24) is 0 Å². The highest BCUT2D eigenvalue weighted by Crippen LogP contribution is 2.01. The van der Waals surface area contributed by atoms with Crippen LogP contribution >= 0.6 is 0 Å². The Kier molecular flexibility index (Phi) is 6.61. The molecule has 0 aliphatic rings. The van der Waals surface area contributed by atoms with E-state index in [1.807, 2.05) is 6.08 Å². The van der Waals surface area contributed by atoms with E-state index in [1.165, 1.54) is 0 Å². The predicted octanol–water partition coefficient (Wildman–Crippen LogP) is 2.44. The van der Waals surface area contributed by atoms with Crippen LogP contribution in [0.1, 0.15) is 19.8 Å². The lowest BCUT2D eigenvalue weighted by atomic mass is 10.1. The average Bonchev–Trinajstić information content (AvgIpc) is 1.98. The number of ether oxygens (including phenoxy) is 1. The maximum Gasteiger partial charge on any atom is 0.0471 e. The molecule has 0 aromatic rings. The Balaban J connectivity index is 2.95. The summed E-state index contributed by atoms with van der Waals surface area (Å²) in [5, 5.41) is 0. The molecule has 1 radical (unpaired) electrons. The van der Waals surface area contributed by atoms with Crippen LogP contribution in [-0.4, -0.2) is 13.2 Å². The van der Waals surface area contributed by atoms with Gasteiger partial charge in [-0.25, -0.2) is 0 Å². The van der Waals surface area contributed by atoms with Gasteiger partial charge in [0.05, 0.1) is 0 Å². The van der Waals surface area contributed by atoms with Gasteiger partial charge in [-0.1, -0.05) is 19.9 Å². The number of hydrogen-bond donors (Lipinski definition) is 0. The molecule has 1 atom stereocenters. The van der Waals surface area contributed by atoms with Gasteiger partial charge < -0.3 is 4.74 Å². The molecule has 0 fully saturated rings. The van der Waals surface area contributed by atoms with Gasteiger partial charge in [0.15, 0.2) is 0 Å². The van der Waals surface area contributed by atoms with Crippen LogP contribution in [0.25, 0.3) is 0 Å². The lowest BCUT2D eigenvalue weighted by Crippen LogP contribution is -1.99. The normalized spacial score (nSPS) is 13.0. The first-order chi connectivity index (χ1) is 4.81. The monoisotopic (exact) mass is 141 g/mol. The minimum absolute atomic E-state index is 0.574. The molecule has 0 saturated carbocycles. The first-order valence-electron chi connectivity index (χ1n) is 3.80. The molecule has 0 bridgehead atoms. The van der Waals surface area contributed by atoms with Crippen LogP contribution in [-0.2, 0) is 4.74 Å². The molecule has 1 nitrogen and oxygen atoms in total.